The lowest BCUT2D eigenvalue weighted by atomic mass is 10.2. The Bertz CT molecular complexity index is 521. The highest BCUT2D eigenvalue weighted by Crippen LogP contribution is 2.22. The third kappa shape index (κ3) is 4.34. The van der Waals surface area contributed by atoms with Gasteiger partial charge in [-0.15, -0.1) is 11.3 Å². The number of thiazole rings is 1. The van der Waals surface area contributed by atoms with Gasteiger partial charge in [0.1, 0.15) is 5.01 Å². The highest BCUT2D eigenvalue weighted by atomic mass is 32.2. The number of amides is 2. The molecule has 1 aliphatic rings. The molecule has 116 valence electrons. The number of carboxylic acid groups (broad SMARTS) is 1. The quantitative estimate of drug-likeness (QED) is 0.884. The van der Waals surface area contributed by atoms with Gasteiger partial charge in [-0.25, -0.2) is 9.78 Å². The smallest absolute Gasteiger partial charge is 0.318 e. The Hall–Kier alpha value is -1.28. The fourth-order valence-corrected chi connectivity index (χ4v) is 4.03. The number of carbonyl (C=O) groups is 2. The molecule has 6 nitrogen and oxygen atoms in total. The number of carboxylic acids is 1. The van der Waals surface area contributed by atoms with Crippen LogP contribution in [0.1, 0.15) is 29.3 Å². The summed E-state index contributed by atoms with van der Waals surface area (Å²) in [6.45, 7) is 4.44. The number of hydrogen-bond acceptors (Lipinski definition) is 5. The van der Waals surface area contributed by atoms with Gasteiger partial charge >= 0.3 is 12.0 Å². The molecule has 1 aromatic heterocycles. The Balaban J connectivity index is 1.98. The van der Waals surface area contributed by atoms with Crippen molar-refractivity contribution in [3.05, 3.63) is 16.1 Å². The molecule has 0 aliphatic carbocycles. The molecule has 0 aromatic carbocycles. The molecule has 2 heterocycles. The van der Waals surface area contributed by atoms with E-state index in [1.54, 1.807) is 34.2 Å². The molecule has 21 heavy (non-hydrogen) atoms. The summed E-state index contributed by atoms with van der Waals surface area (Å²) < 4.78 is 0. The maximum atomic E-state index is 12.4. The molecule has 1 aromatic rings. The highest BCUT2D eigenvalue weighted by Gasteiger charge is 2.29. The summed E-state index contributed by atoms with van der Waals surface area (Å²) in [4.78, 5) is 30.3. The predicted molar refractivity (Wildman–Crippen MR) is 83.9 cm³/mol. The standard InChI is InChI=1S/C13H19N3O3S2/c1-8-6-14-12(21-8)9(2)15-13(19)16-3-4-20-7-10(16)5-11(17)18/h6,9-10H,3-5,7H2,1-2H3,(H,15,19)(H,17,18). The normalized spacial score (nSPS) is 20.1. The van der Waals surface area contributed by atoms with Crippen molar-refractivity contribution >= 4 is 35.1 Å². The van der Waals surface area contributed by atoms with Gasteiger partial charge in [0.15, 0.2) is 0 Å². The second-order valence-electron chi connectivity index (χ2n) is 5.00. The van der Waals surface area contributed by atoms with Gasteiger partial charge in [-0.05, 0) is 13.8 Å². The van der Waals surface area contributed by atoms with Crippen LogP contribution in [-0.2, 0) is 4.79 Å². The average Bonchev–Trinajstić information content (AvgIpc) is 2.85. The van der Waals surface area contributed by atoms with Crippen molar-refractivity contribution in [2.24, 2.45) is 0 Å². The van der Waals surface area contributed by atoms with E-state index >= 15 is 0 Å². The number of thioether (sulfide) groups is 1. The molecule has 1 saturated heterocycles. The monoisotopic (exact) mass is 329 g/mol. The molecule has 2 N–H and O–H groups in total. The number of aryl methyl sites for hydroxylation is 1. The number of aromatic nitrogens is 1. The molecule has 0 bridgehead atoms. The average molecular weight is 329 g/mol. The first-order valence-electron chi connectivity index (χ1n) is 6.76. The van der Waals surface area contributed by atoms with Crippen LogP contribution in [0.5, 0.6) is 0 Å². The third-order valence-corrected chi connectivity index (χ3v) is 5.44. The van der Waals surface area contributed by atoms with Crippen molar-refractivity contribution in [1.82, 2.24) is 15.2 Å². The minimum atomic E-state index is -0.871. The lowest BCUT2D eigenvalue weighted by Crippen LogP contribution is -2.51. The van der Waals surface area contributed by atoms with E-state index in [0.717, 1.165) is 15.6 Å². The van der Waals surface area contributed by atoms with Gasteiger partial charge in [0.05, 0.1) is 18.5 Å². The number of urea groups is 1. The van der Waals surface area contributed by atoms with Crippen molar-refractivity contribution in [2.45, 2.75) is 32.4 Å². The summed E-state index contributed by atoms with van der Waals surface area (Å²) >= 11 is 3.24. The van der Waals surface area contributed by atoms with Gasteiger partial charge in [-0.2, -0.15) is 11.8 Å². The Kier molecular flexibility index (Phi) is 5.46. The van der Waals surface area contributed by atoms with Crippen molar-refractivity contribution in [2.75, 3.05) is 18.1 Å². The molecule has 8 heteroatoms. The molecule has 0 radical (unpaired) electrons. The molecule has 0 spiro atoms. The Morgan fingerprint density at radius 2 is 2.38 bits per heavy atom. The van der Waals surface area contributed by atoms with Gasteiger partial charge in [-0.1, -0.05) is 0 Å². The number of rotatable bonds is 4. The van der Waals surface area contributed by atoms with Gasteiger partial charge < -0.3 is 15.3 Å². The maximum Gasteiger partial charge on any atom is 0.318 e. The summed E-state index contributed by atoms with van der Waals surface area (Å²) in [7, 11) is 0. The lowest BCUT2D eigenvalue weighted by Gasteiger charge is -2.35. The van der Waals surface area contributed by atoms with Gasteiger partial charge in [-0.3, -0.25) is 4.79 Å². The Morgan fingerprint density at radius 1 is 1.62 bits per heavy atom. The summed E-state index contributed by atoms with van der Waals surface area (Å²) in [5.74, 6) is 0.641. The van der Waals surface area contributed by atoms with Crippen LogP contribution in [-0.4, -0.2) is 51.1 Å². The van der Waals surface area contributed by atoms with Crippen molar-refractivity contribution < 1.29 is 14.7 Å². The molecular weight excluding hydrogens is 310 g/mol. The van der Waals surface area contributed by atoms with Gasteiger partial charge in [0, 0.05) is 29.1 Å². The molecule has 2 rings (SSSR count). The van der Waals surface area contributed by atoms with Crippen molar-refractivity contribution in [1.29, 1.82) is 0 Å². The fraction of sp³-hybridized carbons (Fsp3) is 0.615. The van der Waals surface area contributed by atoms with E-state index in [2.05, 4.69) is 10.3 Å². The van der Waals surface area contributed by atoms with E-state index in [-0.39, 0.29) is 24.5 Å². The van der Waals surface area contributed by atoms with E-state index in [1.807, 2.05) is 13.8 Å². The molecule has 2 atom stereocenters. The van der Waals surface area contributed by atoms with E-state index < -0.39 is 5.97 Å². The van der Waals surface area contributed by atoms with Gasteiger partial charge in [0.25, 0.3) is 0 Å². The molecule has 0 saturated carbocycles. The number of hydrogen-bond donors (Lipinski definition) is 2. The van der Waals surface area contributed by atoms with Crippen molar-refractivity contribution in [3.63, 3.8) is 0 Å². The minimum Gasteiger partial charge on any atom is -0.481 e. The molecular formula is C13H19N3O3S2. The second kappa shape index (κ2) is 7.13. The summed E-state index contributed by atoms with van der Waals surface area (Å²) in [6.07, 6.45) is 1.78. The second-order valence-corrected chi connectivity index (χ2v) is 7.42. The number of carbonyl (C=O) groups excluding carboxylic acids is 1. The third-order valence-electron chi connectivity index (χ3n) is 3.25. The molecule has 2 amide bonds. The van der Waals surface area contributed by atoms with Crippen LogP contribution in [0.3, 0.4) is 0 Å². The summed E-state index contributed by atoms with van der Waals surface area (Å²) in [5.41, 5.74) is 0. The van der Waals surface area contributed by atoms with E-state index in [1.165, 1.54) is 0 Å². The zero-order chi connectivity index (χ0) is 15.4. The zero-order valence-corrected chi connectivity index (χ0v) is 13.7. The first-order valence-corrected chi connectivity index (χ1v) is 8.73. The maximum absolute atomic E-state index is 12.4. The number of nitrogens with one attached hydrogen (secondary N) is 1. The largest absolute Gasteiger partial charge is 0.481 e. The Labute approximate surface area is 131 Å². The first kappa shape index (κ1) is 16.1. The molecule has 2 unspecified atom stereocenters. The minimum absolute atomic E-state index is 0.00877. The van der Waals surface area contributed by atoms with Crippen LogP contribution in [0, 0.1) is 6.92 Å². The van der Waals surface area contributed by atoms with Crippen LogP contribution >= 0.6 is 23.1 Å². The predicted octanol–water partition coefficient (Wildman–Crippen LogP) is 2.11. The lowest BCUT2D eigenvalue weighted by molar-refractivity contribution is -0.138. The fourth-order valence-electron chi connectivity index (χ4n) is 2.20. The number of aliphatic carboxylic acids is 1. The van der Waals surface area contributed by atoms with Crippen LogP contribution in [0.4, 0.5) is 4.79 Å². The molecule has 1 aliphatic heterocycles. The van der Waals surface area contributed by atoms with Gasteiger partial charge in [0.2, 0.25) is 0 Å². The van der Waals surface area contributed by atoms with Crippen LogP contribution in [0.2, 0.25) is 0 Å². The summed E-state index contributed by atoms with van der Waals surface area (Å²) in [5, 5.41) is 12.7. The topological polar surface area (TPSA) is 82.5 Å². The SMILES string of the molecule is Cc1cnc(C(C)NC(=O)N2CCSCC2CC(=O)O)s1. The van der Waals surface area contributed by atoms with Crippen LogP contribution in [0.15, 0.2) is 6.20 Å². The van der Waals surface area contributed by atoms with Crippen LogP contribution < -0.4 is 5.32 Å². The zero-order valence-electron chi connectivity index (χ0n) is 12.0. The van der Waals surface area contributed by atoms with Crippen molar-refractivity contribution in [3.8, 4) is 0 Å². The van der Waals surface area contributed by atoms with E-state index in [9.17, 15) is 9.59 Å². The first-order chi connectivity index (χ1) is 9.97. The highest BCUT2D eigenvalue weighted by molar-refractivity contribution is 7.99. The Morgan fingerprint density at radius 3 is 3.00 bits per heavy atom. The number of nitrogens with zero attached hydrogens (tertiary/aromatic N) is 2. The van der Waals surface area contributed by atoms with E-state index in [4.69, 9.17) is 5.11 Å². The van der Waals surface area contributed by atoms with E-state index in [0.29, 0.717) is 12.3 Å². The summed E-state index contributed by atoms with van der Waals surface area (Å²) in [6, 6.07) is -0.621. The molecule has 1 fully saturated rings. The van der Waals surface area contributed by atoms with Crippen LogP contribution in [0.25, 0.3) is 0 Å².